The molecule has 0 spiro atoms. The highest BCUT2D eigenvalue weighted by atomic mass is 32.2. The molecule has 0 saturated heterocycles. The van der Waals surface area contributed by atoms with Gasteiger partial charge in [-0.2, -0.15) is 0 Å². The molecule has 0 aliphatic heterocycles. The second kappa shape index (κ2) is 7.04. The quantitative estimate of drug-likeness (QED) is 0.891. The van der Waals surface area contributed by atoms with E-state index < -0.39 is 16.8 Å². The van der Waals surface area contributed by atoms with E-state index in [0.717, 1.165) is 5.56 Å². The Morgan fingerprint density at radius 2 is 1.81 bits per heavy atom. The Labute approximate surface area is 125 Å². The van der Waals surface area contributed by atoms with Crippen molar-refractivity contribution in [1.82, 2.24) is 0 Å². The van der Waals surface area contributed by atoms with Crippen LogP contribution in [0.15, 0.2) is 53.4 Å². The maximum Gasteiger partial charge on any atom is 0.307 e. The summed E-state index contributed by atoms with van der Waals surface area (Å²) in [7, 11) is 0.391. The highest BCUT2D eigenvalue weighted by Gasteiger charge is 2.09. The predicted octanol–water partition coefficient (Wildman–Crippen LogP) is 2.63. The molecule has 4 nitrogen and oxygen atoms in total. The number of hydrogen-bond donors (Lipinski definition) is 1. The number of methoxy groups -OCH3 is 1. The molecule has 1 N–H and O–H groups in total. The Hall–Kier alpha value is -2.14. The van der Waals surface area contributed by atoms with Crippen LogP contribution in [0.1, 0.15) is 11.1 Å². The normalized spacial score (nSPS) is 11.9. The maximum atomic E-state index is 12.4. The van der Waals surface area contributed by atoms with Gasteiger partial charge in [0.25, 0.3) is 0 Å². The summed E-state index contributed by atoms with van der Waals surface area (Å²) < 4.78 is 17.6. The van der Waals surface area contributed by atoms with Crippen LogP contribution in [0.25, 0.3) is 0 Å². The van der Waals surface area contributed by atoms with Gasteiger partial charge in [0.2, 0.25) is 0 Å². The standard InChI is InChI=1S/C16H16O4S/c1-20-15-5-3-2-4-13(15)11-21(19)14-8-6-12(7-9-14)10-16(17)18/h2-9H,10-11H2,1H3,(H,17,18). The van der Waals surface area contributed by atoms with Crippen molar-refractivity contribution in [3.63, 3.8) is 0 Å². The first kappa shape index (κ1) is 15.3. The number of aliphatic carboxylic acids is 1. The Kier molecular flexibility index (Phi) is 5.11. The van der Waals surface area contributed by atoms with Crippen LogP contribution in [0.2, 0.25) is 0 Å². The van der Waals surface area contributed by atoms with Crippen LogP contribution in [0, 0.1) is 0 Å². The molecule has 1 atom stereocenters. The van der Waals surface area contributed by atoms with Crippen LogP contribution < -0.4 is 4.74 Å². The van der Waals surface area contributed by atoms with E-state index in [1.54, 1.807) is 31.4 Å². The molecule has 5 heteroatoms. The highest BCUT2D eigenvalue weighted by molar-refractivity contribution is 7.84. The molecule has 2 aromatic rings. The molecule has 110 valence electrons. The molecule has 0 amide bonds. The van der Waals surface area contributed by atoms with Gasteiger partial charge in [0.05, 0.1) is 30.1 Å². The molecular weight excluding hydrogens is 288 g/mol. The molecule has 0 aliphatic carbocycles. The molecule has 0 bridgehead atoms. The monoisotopic (exact) mass is 304 g/mol. The minimum atomic E-state index is -1.19. The number of carboxylic acid groups (broad SMARTS) is 1. The van der Waals surface area contributed by atoms with Gasteiger partial charge in [0.1, 0.15) is 5.75 Å². The van der Waals surface area contributed by atoms with E-state index in [0.29, 0.717) is 22.0 Å². The molecule has 0 saturated carbocycles. The molecule has 0 heterocycles. The van der Waals surface area contributed by atoms with E-state index in [1.807, 2.05) is 24.3 Å². The molecule has 2 aromatic carbocycles. The van der Waals surface area contributed by atoms with Gasteiger partial charge in [-0.05, 0) is 23.8 Å². The second-order valence-electron chi connectivity index (χ2n) is 4.52. The van der Waals surface area contributed by atoms with Crippen molar-refractivity contribution in [3.8, 4) is 5.75 Å². The minimum Gasteiger partial charge on any atom is -0.496 e. The summed E-state index contributed by atoms with van der Waals surface area (Å²) in [5, 5.41) is 8.72. The van der Waals surface area contributed by atoms with Gasteiger partial charge in [0.15, 0.2) is 0 Å². The molecule has 2 rings (SSSR count). The van der Waals surface area contributed by atoms with Gasteiger partial charge in [0, 0.05) is 10.5 Å². The van der Waals surface area contributed by atoms with Gasteiger partial charge in [-0.1, -0.05) is 30.3 Å². The average Bonchev–Trinajstić information content (AvgIpc) is 2.48. The fourth-order valence-corrected chi connectivity index (χ4v) is 3.11. The number of carbonyl (C=O) groups is 1. The second-order valence-corrected chi connectivity index (χ2v) is 5.97. The van der Waals surface area contributed by atoms with Crippen molar-refractivity contribution in [2.75, 3.05) is 7.11 Å². The first-order chi connectivity index (χ1) is 10.1. The number of carboxylic acids is 1. The molecule has 21 heavy (non-hydrogen) atoms. The van der Waals surface area contributed by atoms with Crippen molar-refractivity contribution in [2.45, 2.75) is 17.1 Å². The van der Waals surface area contributed by atoms with Crippen LogP contribution in [0.5, 0.6) is 5.75 Å². The summed E-state index contributed by atoms with van der Waals surface area (Å²) in [4.78, 5) is 11.3. The van der Waals surface area contributed by atoms with Crippen LogP contribution in [0.3, 0.4) is 0 Å². The van der Waals surface area contributed by atoms with E-state index >= 15 is 0 Å². The highest BCUT2D eigenvalue weighted by Crippen LogP contribution is 2.21. The van der Waals surface area contributed by atoms with Crippen molar-refractivity contribution in [3.05, 3.63) is 59.7 Å². The lowest BCUT2D eigenvalue weighted by Crippen LogP contribution is -2.01. The third-order valence-corrected chi connectivity index (χ3v) is 4.39. The SMILES string of the molecule is COc1ccccc1CS(=O)c1ccc(CC(=O)O)cc1. The van der Waals surface area contributed by atoms with E-state index in [1.165, 1.54) is 0 Å². The van der Waals surface area contributed by atoms with E-state index in [4.69, 9.17) is 9.84 Å². The summed E-state index contributed by atoms with van der Waals surface area (Å²) in [6, 6.07) is 14.3. The lowest BCUT2D eigenvalue weighted by atomic mass is 10.2. The van der Waals surface area contributed by atoms with Crippen LogP contribution in [-0.4, -0.2) is 22.4 Å². The zero-order chi connectivity index (χ0) is 15.2. The zero-order valence-electron chi connectivity index (χ0n) is 11.6. The largest absolute Gasteiger partial charge is 0.496 e. The molecule has 1 unspecified atom stereocenters. The van der Waals surface area contributed by atoms with Crippen molar-refractivity contribution < 1.29 is 18.8 Å². The number of para-hydroxylation sites is 1. The Bertz CT molecular complexity index is 650. The Morgan fingerprint density at radius 1 is 1.14 bits per heavy atom. The molecule has 0 aliphatic rings. The first-order valence-electron chi connectivity index (χ1n) is 6.41. The summed E-state index contributed by atoms with van der Waals surface area (Å²) in [6.07, 6.45) is -0.0284. The van der Waals surface area contributed by atoms with Crippen molar-refractivity contribution in [2.24, 2.45) is 0 Å². The van der Waals surface area contributed by atoms with E-state index in [-0.39, 0.29) is 6.42 Å². The molecule has 0 fully saturated rings. The molecule has 0 radical (unpaired) electrons. The van der Waals surface area contributed by atoms with Gasteiger partial charge in [-0.25, -0.2) is 0 Å². The number of ether oxygens (including phenoxy) is 1. The van der Waals surface area contributed by atoms with Crippen LogP contribution in [0.4, 0.5) is 0 Å². The maximum absolute atomic E-state index is 12.4. The first-order valence-corrected chi connectivity index (χ1v) is 7.73. The third-order valence-electron chi connectivity index (χ3n) is 3.02. The molecule has 0 aromatic heterocycles. The summed E-state index contributed by atoms with van der Waals surface area (Å²) in [5.74, 6) is 0.202. The Morgan fingerprint density at radius 3 is 2.43 bits per heavy atom. The van der Waals surface area contributed by atoms with Gasteiger partial charge < -0.3 is 9.84 Å². The van der Waals surface area contributed by atoms with Gasteiger partial charge >= 0.3 is 5.97 Å². The van der Waals surface area contributed by atoms with Crippen molar-refractivity contribution in [1.29, 1.82) is 0 Å². The average molecular weight is 304 g/mol. The van der Waals surface area contributed by atoms with Gasteiger partial charge in [-0.15, -0.1) is 0 Å². The fraction of sp³-hybridized carbons (Fsp3) is 0.188. The Balaban J connectivity index is 2.11. The number of rotatable bonds is 6. The minimum absolute atomic E-state index is 0.0284. The summed E-state index contributed by atoms with van der Waals surface area (Å²) in [5.41, 5.74) is 1.58. The summed E-state index contributed by atoms with van der Waals surface area (Å²) in [6.45, 7) is 0. The molecular formula is C16H16O4S. The van der Waals surface area contributed by atoms with Gasteiger partial charge in [-0.3, -0.25) is 9.00 Å². The third kappa shape index (κ3) is 4.16. The lowest BCUT2D eigenvalue weighted by Gasteiger charge is -2.08. The number of hydrogen-bond acceptors (Lipinski definition) is 3. The van der Waals surface area contributed by atoms with E-state index in [9.17, 15) is 9.00 Å². The smallest absolute Gasteiger partial charge is 0.307 e. The van der Waals surface area contributed by atoms with Crippen LogP contribution >= 0.6 is 0 Å². The predicted molar refractivity (Wildman–Crippen MR) is 80.9 cm³/mol. The van der Waals surface area contributed by atoms with E-state index in [2.05, 4.69) is 0 Å². The number of benzene rings is 2. The lowest BCUT2D eigenvalue weighted by molar-refractivity contribution is -0.136. The fourth-order valence-electron chi connectivity index (χ4n) is 1.98. The van der Waals surface area contributed by atoms with Crippen molar-refractivity contribution >= 4 is 16.8 Å². The topological polar surface area (TPSA) is 63.6 Å². The van der Waals surface area contributed by atoms with Crippen LogP contribution in [-0.2, 0) is 27.8 Å². The summed E-state index contributed by atoms with van der Waals surface area (Å²) >= 11 is 0. The zero-order valence-corrected chi connectivity index (χ0v) is 12.4.